The van der Waals surface area contributed by atoms with Crippen molar-refractivity contribution in [2.24, 2.45) is 0 Å². The topological polar surface area (TPSA) is 59.9 Å². The Kier molecular flexibility index (Phi) is 3.94. The molecule has 2 rings (SSSR count). The zero-order chi connectivity index (χ0) is 13.0. The van der Waals surface area contributed by atoms with Crippen molar-refractivity contribution < 1.29 is 4.74 Å². The van der Waals surface area contributed by atoms with Crippen molar-refractivity contribution in [3.05, 3.63) is 35.1 Å². The number of rotatable bonds is 4. The molecule has 0 saturated carbocycles. The summed E-state index contributed by atoms with van der Waals surface area (Å²) in [5.41, 5.74) is 1.16. The maximum atomic E-state index is 5.79. The first kappa shape index (κ1) is 12.6. The Morgan fingerprint density at radius 3 is 2.56 bits per heavy atom. The van der Waals surface area contributed by atoms with E-state index < -0.39 is 0 Å². The number of aryl methyl sites for hydroxylation is 1. The number of halogens is 1. The van der Waals surface area contributed by atoms with Crippen LogP contribution in [0.3, 0.4) is 0 Å². The van der Waals surface area contributed by atoms with Gasteiger partial charge in [0.05, 0.1) is 0 Å². The SMILES string of the molecule is CCNc1nc(Cl)nc(Oc2ccc(C)cc2)n1. The fourth-order valence-electron chi connectivity index (χ4n) is 1.33. The van der Waals surface area contributed by atoms with Crippen molar-refractivity contribution in [1.82, 2.24) is 15.0 Å². The zero-order valence-electron chi connectivity index (χ0n) is 10.1. The quantitative estimate of drug-likeness (QED) is 0.920. The number of benzene rings is 1. The summed E-state index contributed by atoms with van der Waals surface area (Å²) in [4.78, 5) is 11.9. The van der Waals surface area contributed by atoms with Gasteiger partial charge in [0, 0.05) is 6.54 Å². The molecule has 94 valence electrons. The lowest BCUT2D eigenvalue weighted by atomic mass is 10.2. The first-order chi connectivity index (χ1) is 8.67. The van der Waals surface area contributed by atoms with E-state index in [2.05, 4.69) is 20.3 Å². The Labute approximate surface area is 110 Å². The monoisotopic (exact) mass is 264 g/mol. The lowest BCUT2D eigenvalue weighted by Gasteiger charge is -2.06. The van der Waals surface area contributed by atoms with Gasteiger partial charge >= 0.3 is 6.01 Å². The van der Waals surface area contributed by atoms with E-state index in [4.69, 9.17) is 16.3 Å². The van der Waals surface area contributed by atoms with Gasteiger partial charge in [0.15, 0.2) is 0 Å². The third-order valence-corrected chi connectivity index (χ3v) is 2.32. The van der Waals surface area contributed by atoms with Crippen LogP contribution in [0.1, 0.15) is 12.5 Å². The molecular formula is C12H13ClN4O. The number of ether oxygens (including phenoxy) is 1. The summed E-state index contributed by atoms with van der Waals surface area (Å²) in [5, 5.41) is 3.06. The molecule has 0 atom stereocenters. The fourth-order valence-corrected chi connectivity index (χ4v) is 1.48. The third-order valence-electron chi connectivity index (χ3n) is 2.15. The number of aromatic nitrogens is 3. The van der Waals surface area contributed by atoms with E-state index in [-0.39, 0.29) is 11.3 Å². The number of hydrogen-bond acceptors (Lipinski definition) is 5. The van der Waals surface area contributed by atoms with E-state index in [0.29, 0.717) is 18.2 Å². The summed E-state index contributed by atoms with van der Waals surface area (Å²) >= 11 is 5.79. The minimum Gasteiger partial charge on any atom is -0.424 e. The fraction of sp³-hybridized carbons (Fsp3) is 0.250. The van der Waals surface area contributed by atoms with Crippen LogP contribution in [-0.4, -0.2) is 21.5 Å². The van der Waals surface area contributed by atoms with Crippen molar-refractivity contribution in [2.75, 3.05) is 11.9 Å². The highest BCUT2D eigenvalue weighted by Gasteiger charge is 2.06. The maximum Gasteiger partial charge on any atom is 0.328 e. The highest BCUT2D eigenvalue weighted by Crippen LogP contribution is 2.20. The molecule has 0 aliphatic heterocycles. The van der Waals surface area contributed by atoms with E-state index in [1.807, 2.05) is 38.1 Å². The second-order valence-corrected chi connectivity index (χ2v) is 3.99. The average molecular weight is 265 g/mol. The van der Waals surface area contributed by atoms with Crippen LogP contribution < -0.4 is 10.1 Å². The molecule has 0 fully saturated rings. The Balaban J connectivity index is 2.20. The molecule has 0 saturated heterocycles. The second-order valence-electron chi connectivity index (χ2n) is 3.66. The van der Waals surface area contributed by atoms with Crippen LogP contribution in [0.25, 0.3) is 0 Å². The minimum atomic E-state index is 0.100. The van der Waals surface area contributed by atoms with Gasteiger partial charge in [-0.15, -0.1) is 0 Å². The van der Waals surface area contributed by atoms with Crippen molar-refractivity contribution >= 4 is 17.5 Å². The van der Waals surface area contributed by atoms with Crippen LogP contribution in [-0.2, 0) is 0 Å². The summed E-state index contributed by atoms with van der Waals surface area (Å²) in [6.45, 7) is 4.65. The van der Waals surface area contributed by atoms with E-state index in [1.54, 1.807) is 0 Å². The lowest BCUT2D eigenvalue weighted by Crippen LogP contribution is -2.04. The van der Waals surface area contributed by atoms with Gasteiger partial charge in [0.2, 0.25) is 11.2 Å². The molecule has 0 spiro atoms. The standard InChI is InChI=1S/C12H13ClN4O/c1-3-14-11-15-10(13)16-12(17-11)18-9-6-4-8(2)5-7-9/h4-7H,3H2,1-2H3,(H,14,15,16,17). The zero-order valence-corrected chi connectivity index (χ0v) is 10.9. The third kappa shape index (κ3) is 3.30. The van der Waals surface area contributed by atoms with Crippen molar-refractivity contribution in [3.63, 3.8) is 0 Å². The van der Waals surface area contributed by atoms with Crippen molar-refractivity contribution in [3.8, 4) is 11.8 Å². The van der Waals surface area contributed by atoms with Gasteiger partial charge in [0.25, 0.3) is 0 Å². The highest BCUT2D eigenvalue weighted by atomic mass is 35.5. The molecule has 6 heteroatoms. The molecule has 1 heterocycles. The summed E-state index contributed by atoms with van der Waals surface area (Å²) < 4.78 is 5.51. The number of nitrogens with one attached hydrogen (secondary N) is 1. The number of anilines is 1. The molecule has 0 amide bonds. The Morgan fingerprint density at radius 2 is 1.89 bits per heavy atom. The molecule has 0 bridgehead atoms. The minimum absolute atomic E-state index is 0.100. The molecule has 1 N–H and O–H groups in total. The van der Waals surface area contributed by atoms with Gasteiger partial charge in [0.1, 0.15) is 5.75 Å². The van der Waals surface area contributed by atoms with E-state index in [9.17, 15) is 0 Å². The van der Waals surface area contributed by atoms with Crippen LogP contribution in [0.4, 0.5) is 5.95 Å². The van der Waals surface area contributed by atoms with Crippen molar-refractivity contribution in [2.45, 2.75) is 13.8 Å². The molecule has 0 unspecified atom stereocenters. The smallest absolute Gasteiger partial charge is 0.328 e. The van der Waals surface area contributed by atoms with Gasteiger partial charge in [-0.3, -0.25) is 0 Å². The van der Waals surface area contributed by atoms with Crippen LogP contribution in [0.2, 0.25) is 5.28 Å². The summed E-state index contributed by atoms with van der Waals surface area (Å²) in [5.74, 6) is 1.06. The number of nitrogens with zero attached hydrogens (tertiary/aromatic N) is 3. The normalized spacial score (nSPS) is 10.2. The lowest BCUT2D eigenvalue weighted by molar-refractivity contribution is 0.440. The largest absolute Gasteiger partial charge is 0.424 e. The molecule has 0 aliphatic carbocycles. The molecule has 1 aromatic heterocycles. The summed E-state index contributed by atoms with van der Waals surface area (Å²) in [6, 6.07) is 7.77. The van der Waals surface area contributed by atoms with Crippen LogP contribution in [0.15, 0.2) is 24.3 Å². The highest BCUT2D eigenvalue weighted by molar-refractivity contribution is 6.28. The van der Waals surface area contributed by atoms with Crippen LogP contribution >= 0.6 is 11.6 Å². The molecule has 0 aliphatic rings. The van der Waals surface area contributed by atoms with E-state index in [1.165, 1.54) is 0 Å². The van der Waals surface area contributed by atoms with E-state index >= 15 is 0 Å². The first-order valence-corrected chi connectivity index (χ1v) is 5.95. The van der Waals surface area contributed by atoms with Gasteiger partial charge in [-0.2, -0.15) is 15.0 Å². The molecule has 5 nitrogen and oxygen atoms in total. The van der Waals surface area contributed by atoms with Gasteiger partial charge < -0.3 is 10.1 Å². The number of hydrogen-bond donors (Lipinski definition) is 1. The van der Waals surface area contributed by atoms with Gasteiger partial charge in [-0.25, -0.2) is 0 Å². The van der Waals surface area contributed by atoms with Gasteiger partial charge in [-0.1, -0.05) is 17.7 Å². The second kappa shape index (κ2) is 5.64. The molecule has 18 heavy (non-hydrogen) atoms. The summed E-state index contributed by atoms with van der Waals surface area (Å²) in [6.07, 6.45) is 0. The van der Waals surface area contributed by atoms with Crippen LogP contribution in [0.5, 0.6) is 11.8 Å². The molecule has 1 aromatic carbocycles. The Hall–Kier alpha value is -1.88. The Bertz CT molecular complexity index is 530. The van der Waals surface area contributed by atoms with Crippen LogP contribution in [0, 0.1) is 6.92 Å². The predicted molar refractivity (Wildman–Crippen MR) is 70.3 cm³/mol. The molecule has 0 radical (unpaired) electrons. The average Bonchev–Trinajstić information content (AvgIpc) is 2.32. The van der Waals surface area contributed by atoms with Crippen molar-refractivity contribution in [1.29, 1.82) is 0 Å². The first-order valence-electron chi connectivity index (χ1n) is 5.57. The Morgan fingerprint density at radius 1 is 1.17 bits per heavy atom. The van der Waals surface area contributed by atoms with Gasteiger partial charge in [-0.05, 0) is 37.6 Å². The maximum absolute atomic E-state index is 5.79. The summed E-state index contributed by atoms with van der Waals surface area (Å²) in [7, 11) is 0. The molecular weight excluding hydrogens is 252 g/mol. The predicted octanol–water partition coefficient (Wildman–Crippen LogP) is 3.06. The van der Waals surface area contributed by atoms with E-state index in [0.717, 1.165) is 5.56 Å². The molecule has 2 aromatic rings.